The van der Waals surface area contributed by atoms with Crippen LogP contribution < -0.4 is 14.8 Å². The Hall–Kier alpha value is -2.01. The summed E-state index contributed by atoms with van der Waals surface area (Å²) in [6.07, 6.45) is 2.83. The second kappa shape index (κ2) is 4.83. The highest BCUT2D eigenvalue weighted by atomic mass is 16.6. The van der Waals surface area contributed by atoms with Gasteiger partial charge in [-0.25, -0.2) is 4.98 Å². The average molecular weight is 272 g/mol. The Balaban J connectivity index is 1.76. The van der Waals surface area contributed by atoms with Gasteiger partial charge in [0.1, 0.15) is 19.0 Å². The van der Waals surface area contributed by atoms with E-state index in [2.05, 4.69) is 10.3 Å². The zero-order valence-corrected chi connectivity index (χ0v) is 11.1. The van der Waals surface area contributed by atoms with Crippen molar-refractivity contribution in [1.82, 2.24) is 4.98 Å². The Morgan fingerprint density at radius 2 is 1.95 bits per heavy atom. The third kappa shape index (κ3) is 2.04. The van der Waals surface area contributed by atoms with Crippen LogP contribution >= 0.6 is 0 Å². The van der Waals surface area contributed by atoms with Gasteiger partial charge in [0.2, 0.25) is 0 Å². The molecular weight excluding hydrogens is 256 g/mol. The molecule has 0 spiro atoms. The number of ether oxygens (including phenoxy) is 3. The molecule has 2 aliphatic rings. The molecule has 1 fully saturated rings. The first-order chi connectivity index (χ1) is 9.90. The van der Waals surface area contributed by atoms with E-state index in [-0.39, 0.29) is 0 Å². The lowest BCUT2D eigenvalue weighted by Gasteiger charge is -2.20. The lowest BCUT2D eigenvalue weighted by Crippen LogP contribution is -2.20. The van der Waals surface area contributed by atoms with Crippen LogP contribution in [-0.2, 0) is 4.74 Å². The molecule has 20 heavy (non-hydrogen) atoms. The minimum absolute atomic E-state index is 0.335. The quantitative estimate of drug-likeness (QED) is 0.908. The van der Waals surface area contributed by atoms with E-state index in [0.717, 1.165) is 47.7 Å². The first-order valence-corrected chi connectivity index (χ1v) is 6.93. The molecule has 1 unspecified atom stereocenters. The molecule has 2 aliphatic heterocycles. The van der Waals surface area contributed by atoms with E-state index in [4.69, 9.17) is 14.2 Å². The summed E-state index contributed by atoms with van der Waals surface area (Å²) in [5, 5.41) is 5.62. The summed E-state index contributed by atoms with van der Waals surface area (Å²) in [5.41, 5.74) is 0. The molecule has 5 heteroatoms. The minimum Gasteiger partial charge on any atom is -0.486 e. The first kappa shape index (κ1) is 11.8. The molecule has 0 amide bonds. The molecule has 1 aromatic heterocycles. The molecule has 2 aromatic rings. The van der Waals surface area contributed by atoms with Gasteiger partial charge in [0.05, 0.1) is 12.6 Å². The fourth-order valence-corrected chi connectivity index (χ4v) is 2.67. The highest BCUT2D eigenvalue weighted by Crippen LogP contribution is 2.36. The molecule has 3 heterocycles. The zero-order valence-electron chi connectivity index (χ0n) is 11.1. The molecule has 0 saturated carbocycles. The summed E-state index contributed by atoms with van der Waals surface area (Å²) < 4.78 is 16.7. The molecular formula is C15H16N2O3. The van der Waals surface area contributed by atoms with E-state index in [1.165, 1.54) is 0 Å². The number of rotatable bonds is 2. The van der Waals surface area contributed by atoms with Gasteiger partial charge >= 0.3 is 0 Å². The monoisotopic (exact) mass is 272 g/mol. The van der Waals surface area contributed by atoms with Crippen molar-refractivity contribution in [2.75, 3.05) is 31.7 Å². The van der Waals surface area contributed by atoms with Crippen LogP contribution in [0.25, 0.3) is 10.8 Å². The van der Waals surface area contributed by atoms with Gasteiger partial charge in [-0.2, -0.15) is 0 Å². The molecule has 1 saturated heterocycles. The van der Waals surface area contributed by atoms with Gasteiger partial charge in [-0.3, -0.25) is 0 Å². The largest absolute Gasteiger partial charge is 0.486 e. The van der Waals surface area contributed by atoms with Crippen molar-refractivity contribution in [2.24, 2.45) is 0 Å². The smallest absolute Gasteiger partial charge is 0.162 e. The van der Waals surface area contributed by atoms with Gasteiger partial charge in [0.25, 0.3) is 0 Å². The third-order valence-corrected chi connectivity index (χ3v) is 3.70. The van der Waals surface area contributed by atoms with Crippen molar-refractivity contribution in [3.05, 3.63) is 24.4 Å². The lowest BCUT2D eigenvalue weighted by molar-refractivity contribution is 0.172. The van der Waals surface area contributed by atoms with Crippen LogP contribution in [0.2, 0.25) is 0 Å². The number of fused-ring (bicyclic) bond motifs is 2. The van der Waals surface area contributed by atoms with E-state index in [1.807, 2.05) is 24.4 Å². The molecule has 1 atom stereocenters. The van der Waals surface area contributed by atoms with Gasteiger partial charge in [-0.15, -0.1) is 0 Å². The average Bonchev–Trinajstić information content (AvgIpc) is 2.99. The molecule has 0 aliphatic carbocycles. The standard InChI is InChI=1S/C15H16N2O3/c1-3-16-15(17-11-2-4-18-9-11)12-8-14-13(7-10(1)12)19-5-6-20-14/h1,3,7-8,11H,2,4-6,9H2,(H,16,17). The number of pyridine rings is 1. The molecule has 1 N–H and O–H groups in total. The summed E-state index contributed by atoms with van der Waals surface area (Å²) in [5.74, 6) is 2.49. The van der Waals surface area contributed by atoms with Crippen molar-refractivity contribution in [3.8, 4) is 11.5 Å². The Morgan fingerprint density at radius 3 is 2.75 bits per heavy atom. The van der Waals surface area contributed by atoms with Crippen molar-refractivity contribution in [2.45, 2.75) is 12.5 Å². The van der Waals surface area contributed by atoms with E-state index < -0.39 is 0 Å². The summed E-state index contributed by atoms with van der Waals surface area (Å²) in [4.78, 5) is 4.46. The second-order valence-electron chi connectivity index (χ2n) is 5.08. The van der Waals surface area contributed by atoms with Gasteiger partial charge < -0.3 is 19.5 Å². The van der Waals surface area contributed by atoms with E-state index in [0.29, 0.717) is 19.3 Å². The lowest BCUT2D eigenvalue weighted by atomic mass is 10.1. The van der Waals surface area contributed by atoms with Crippen LogP contribution in [0.3, 0.4) is 0 Å². The molecule has 0 radical (unpaired) electrons. The second-order valence-corrected chi connectivity index (χ2v) is 5.08. The van der Waals surface area contributed by atoms with Gasteiger partial charge in [0, 0.05) is 18.2 Å². The fourth-order valence-electron chi connectivity index (χ4n) is 2.67. The number of anilines is 1. The highest BCUT2D eigenvalue weighted by Gasteiger charge is 2.18. The Labute approximate surface area is 116 Å². The predicted octanol–water partition coefficient (Wildman–Crippen LogP) is 2.21. The molecule has 1 aromatic carbocycles. The van der Waals surface area contributed by atoms with Crippen LogP contribution in [0.4, 0.5) is 5.82 Å². The SMILES string of the molecule is c1cc2cc3c(cc2c(NC2CCOC2)n1)OCCO3. The number of nitrogens with zero attached hydrogens (tertiary/aromatic N) is 1. The summed E-state index contributed by atoms with van der Waals surface area (Å²) in [7, 11) is 0. The summed E-state index contributed by atoms with van der Waals surface area (Å²) in [6, 6.07) is 6.35. The molecule has 104 valence electrons. The normalized spacial score (nSPS) is 21.1. The van der Waals surface area contributed by atoms with Crippen LogP contribution in [-0.4, -0.2) is 37.5 Å². The van der Waals surface area contributed by atoms with E-state index in [9.17, 15) is 0 Å². The fraction of sp³-hybridized carbons (Fsp3) is 0.400. The van der Waals surface area contributed by atoms with Crippen LogP contribution in [0, 0.1) is 0 Å². The maximum absolute atomic E-state index is 5.65. The molecule has 5 nitrogen and oxygen atoms in total. The molecule has 0 bridgehead atoms. The Bertz CT molecular complexity index is 638. The number of nitrogens with one attached hydrogen (secondary N) is 1. The summed E-state index contributed by atoms with van der Waals surface area (Å²) >= 11 is 0. The van der Waals surface area contributed by atoms with E-state index in [1.54, 1.807) is 0 Å². The Kier molecular flexibility index (Phi) is 2.85. The topological polar surface area (TPSA) is 52.6 Å². The first-order valence-electron chi connectivity index (χ1n) is 6.93. The van der Waals surface area contributed by atoms with Gasteiger partial charge in [-0.05, 0) is 30.0 Å². The van der Waals surface area contributed by atoms with Crippen molar-refractivity contribution in [1.29, 1.82) is 0 Å². The number of aromatic nitrogens is 1. The number of benzene rings is 1. The van der Waals surface area contributed by atoms with Crippen molar-refractivity contribution in [3.63, 3.8) is 0 Å². The van der Waals surface area contributed by atoms with Crippen molar-refractivity contribution < 1.29 is 14.2 Å². The van der Waals surface area contributed by atoms with Crippen LogP contribution in [0.1, 0.15) is 6.42 Å². The number of hydrogen-bond donors (Lipinski definition) is 1. The van der Waals surface area contributed by atoms with Crippen molar-refractivity contribution >= 4 is 16.6 Å². The highest BCUT2D eigenvalue weighted by molar-refractivity contribution is 5.94. The van der Waals surface area contributed by atoms with E-state index >= 15 is 0 Å². The maximum Gasteiger partial charge on any atom is 0.162 e. The summed E-state index contributed by atoms with van der Waals surface area (Å²) in [6.45, 7) is 2.75. The van der Waals surface area contributed by atoms with Crippen LogP contribution in [0.5, 0.6) is 11.5 Å². The van der Waals surface area contributed by atoms with Crippen LogP contribution in [0.15, 0.2) is 24.4 Å². The zero-order chi connectivity index (χ0) is 13.4. The Morgan fingerprint density at radius 1 is 1.10 bits per heavy atom. The third-order valence-electron chi connectivity index (χ3n) is 3.70. The maximum atomic E-state index is 5.65. The predicted molar refractivity (Wildman–Crippen MR) is 75.6 cm³/mol. The molecule has 4 rings (SSSR count). The number of hydrogen-bond acceptors (Lipinski definition) is 5. The van der Waals surface area contributed by atoms with Gasteiger partial charge in [-0.1, -0.05) is 0 Å². The minimum atomic E-state index is 0.335. The van der Waals surface area contributed by atoms with Gasteiger partial charge in [0.15, 0.2) is 11.5 Å².